The fraction of sp³-hybridized carbons (Fsp3) is 0.500. The van der Waals surface area contributed by atoms with Crippen LogP contribution in [0.2, 0.25) is 0 Å². The summed E-state index contributed by atoms with van der Waals surface area (Å²) in [7, 11) is 2.69. The summed E-state index contributed by atoms with van der Waals surface area (Å²) in [4.78, 5) is 68.3. The minimum Gasteiger partial charge on any atom is -0.493 e. The maximum absolute atomic E-state index is 13.0. The molecule has 0 spiro atoms. The molecule has 17 nitrogen and oxygen atoms in total. The number of carbonyl (C=O) groups excluding carboxylic acids is 3. The van der Waals surface area contributed by atoms with Gasteiger partial charge >= 0.3 is 5.97 Å². The summed E-state index contributed by atoms with van der Waals surface area (Å²) in [5.41, 5.74) is -1.54. The van der Waals surface area contributed by atoms with E-state index in [1.807, 2.05) is 0 Å². The molecule has 49 heavy (non-hydrogen) atoms. The van der Waals surface area contributed by atoms with Gasteiger partial charge < -0.3 is 43.6 Å². The van der Waals surface area contributed by atoms with Gasteiger partial charge in [0.25, 0.3) is 17.3 Å². The predicted octanol–water partition coefficient (Wildman–Crippen LogP) is 4.39. The van der Waals surface area contributed by atoms with Crippen molar-refractivity contribution in [2.24, 2.45) is 0 Å². The van der Waals surface area contributed by atoms with Gasteiger partial charge in [-0.15, -0.1) is 0 Å². The van der Waals surface area contributed by atoms with Gasteiger partial charge in [0.15, 0.2) is 23.0 Å². The lowest BCUT2D eigenvalue weighted by Crippen LogP contribution is -2.45. The highest BCUT2D eigenvalue weighted by molar-refractivity contribution is 5.99. The number of carboxylic acids is 1. The number of likely N-dealkylation sites (tertiary alicyclic amines) is 1. The van der Waals surface area contributed by atoms with E-state index in [0.29, 0.717) is 38.6 Å². The zero-order valence-corrected chi connectivity index (χ0v) is 27.8. The van der Waals surface area contributed by atoms with Gasteiger partial charge in [-0.05, 0) is 46.0 Å². The van der Waals surface area contributed by atoms with Gasteiger partial charge in [0.1, 0.15) is 22.7 Å². The molecule has 1 fully saturated rings. The van der Waals surface area contributed by atoms with Crippen molar-refractivity contribution in [1.82, 2.24) is 4.90 Å². The average Bonchev–Trinajstić information content (AvgIpc) is 3.07. The fourth-order valence-electron chi connectivity index (χ4n) is 4.91. The summed E-state index contributed by atoms with van der Waals surface area (Å²) in [6.45, 7) is 3.54. The maximum Gasteiger partial charge on any atom is 0.342 e. The molecule has 1 saturated heterocycles. The summed E-state index contributed by atoms with van der Waals surface area (Å²) < 4.78 is 21.1. The number of ether oxygens (including phenoxy) is 4. The Balaban J connectivity index is 0.000000355. The van der Waals surface area contributed by atoms with Crippen molar-refractivity contribution in [1.29, 1.82) is 0 Å². The number of aromatic carboxylic acids is 1. The Morgan fingerprint density at radius 3 is 1.67 bits per heavy atom. The first-order chi connectivity index (χ1) is 23.2. The first-order valence-electron chi connectivity index (χ1n) is 15.4. The number of nitro benzene ring substituents is 2. The zero-order chi connectivity index (χ0) is 36.7. The highest BCUT2D eigenvalue weighted by atomic mass is 16.6. The Kier molecular flexibility index (Phi) is 15.9. The summed E-state index contributed by atoms with van der Waals surface area (Å²) >= 11 is 0. The summed E-state index contributed by atoms with van der Waals surface area (Å²) in [6, 6.07) is 4.19. The van der Waals surface area contributed by atoms with Crippen molar-refractivity contribution >= 4 is 34.8 Å². The van der Waals surface area contributed by atoms with E-state index in [1.165, 1.54) is 45.1 Å². The lowest BCUT2D eigenvalue weighted by atomic mass is 10.0. The number of rotatable bonds is 17. The molecular weight excluding hydrogens is 650 g/mol. The van der Waals surface area contributed by atoms with E-state index in [9.17, 15) is 44.5 Å². The van der Waals surface area contributed by atoms with Gasteiger partial charge in [0, 0.05) is 31.5 Å². The van der Waals surface area contributed by atoms with E-state index in [1.54, 1.807) is 0 Å². The third-order valence-electron chi connectivity index (χ3n) is 7.38. The average molecular weight is 692 g/mol. The summed E-state index contributed by atoms with van der Waals surface area (Å²) in [6.07, 6.45) is 3.94. The number of piperidine rings is 1. The Labute approximate surface area is 282 Å². The van der Waals surface area contributed by atoms with E-state index in [2.05, 4.69) is 0 Å². The maximum atomic E-state index is 13.0. The molecule has 0 aromatic heterocycles. The minimum absolute atomic E-state index is 0.0118. The first-order valence-corrected chi connectivity index (χ1v) is 15.4. The molecule has 2 N–H and O–H groups in total. The summed E-state index contributed by atoms with van der Waals surface area (Å²) in [5.74, 6) is -1.39. The number of hydrogen-bond donors (Lipinski definition) is 2. The summed E-state index contributed by atoms with van der Waals surface area (Å²) in [5, 5.41) is 41.0. The van der Waals surface area contributed by atoms with Crippen LogP contribution in [0, 0.1) is 20.2 Å². The van der Waals surface area contributed by atoms with Gasteiger partial charge in [-0.1, -0.05) is 0 Å². The largest absolute Gasteiger partial charge is 0.493 e. The number of benzene rings is 2. The minimum atomic E-state index is -1.43. The van der Waals surface area contributed by atoms with Gasteiger partial charge in [0.2, 0.25) is 0 Å². The van der Waals surface area contributed by atoms with Crippen LogP contribution in [0.25, 0.3) is 0 Å². The molecule has 0 radical (unpaired) electrons. The second kappa shape index (κ2) is 19.5. The Morgan fingerprint density at radius 2 is 1.27 bits per heavy atom. The van der Waals surface area contributed by atoms with Crippen molar-refractivity contribution in [3.63, 3.8) is 0 Å². The number of Topliss-reactive ketones (excluding diaryl/α,β-unsaturated/α-hetero) is 2. The molecule has 0 saturated carbocycles. The fourth-order valence-corrected chi connectivity index (χ4v) is 4.91. The first kappa shape index (κ1) is 39.9. The predicted molar refractivity (Wildman–Crippen MR) is 173 cm³/mol. The van der Waals surface area contributed by atoms with E-state index < -0.39 is 33.0 Å². The number of aliphatic hydroxyl groups excluding tert-OH is 1. The van der Waals surface area contributed by atoms with Crippen LogP contribution in [0.3, 0.4) is 0 Å². The third kappa shape index (κ3) is 11.7. The highest BCUT2D eigenvalue weighted by Crippen LogP contribution is 2.37. The molecule has 0 bridgehead atoms. The van der Waals surface area contributed by atoms with Crippen LogP contribution in [-0.2, 0) is 9.59 Å². The van der Waals surface area contributed by atoms with Crippen LogP contribution in [0.4, 0.5) is 11.4 Å². The second-order valence-electron chi connectivity index (χ2n) is 11.0. The molecule has 1 atom stereocenters. The molecule has 1 amide bonds. The standard InChI is InChI=1S/C19H26N2O7.C13H15NO7/c1-13(23)6-5-9-28-18-11-16(21(25)26)15(10-17(18)27-2)19(24)20-8-4-3-7-14(20)12-22;1-8(15)4-3-5-21-12-7-10(14(18)19)9(13(16)17)6-11(12)20-2/h10-11,14,22H,3-9,12H2,1-2H3;6-7H,3-5H2,1-2H3,(H,16,17)/t14-;/m0./s1. The Hall–Kier alpha value is -5.32. The smallest absolute Gasteiger partial charge is 0.342 e. The van der Waals surface area contributed by atoms with Gasteiger partial charge in [-0.25, -0.2) is 4.79 Å². The number of aliphatic hydroxyl groups is 1. The number of nitro groups is 2. The number of carbonyl (C=O) groups is 4. The van der Waals surface area contributed by atoms with Gasteiger partial charge in [-0.3, -0.25) is 25.0 Å². The van der Waals surface area contributed by atoms with Crippen molar-refractivity contribution in [2.75, 3.05) is 40.6 Å². The molecule has 2 aromatic carbocycles. The molecule has 268 valence electrons. The lowest BCUT2D eigenvalue weighted by molar-refractivity contribution is -0.385. The van der Waals surface area contributed by atoms with Crippen LogP contribution in [0.5, 0.6) is 23.0 Å². The third-order valence-corrected chi connectivity index (χ3v) is 7.38. The number of ketones is 2. The molecule has 3 rings (SSSR count). The zero-order valence-electron chi connectivity index (χ0n) is 27.8. The molecule has 1 heterocycles. The number of carboxylic acid groups (broad SMARTS) is 1. The van der Waals surface area contributed by atoms with Crippen molar-refractivity contribution < 1.29 is 58.2 Å². The molecular formula is C32H41N3O14. The lowest BCUT2D eigenvalue weighted by Gasteiger charge is -2.34. The van der Waals surface area contributed by atoms with Crippen molar-refractivity contribution in [3.8, 4) is 23.0 Å². The van der Waals surface area contributed by atoms with Crippen LogP contribution >= 0.6 is 0 Å². The molecule has 2 aromatic rings. The normalized spacial score (nSPS) is 13.7. The van der Waals surface area contributed by atoms with Gasteiger partial charge in [-0.2, -0.15) is 0 Å². The Bertz CT molecular complexity index is 1530. The van der Waals surface area contributed by atoms with Crippen LogP contribution in [0.15, 0.2) is 24.3 Å². The van der Waals surface area contributed by atoms with E-state index in [0.717, 1.165) is 25.0 Å². The molecule has 1 aliphatic heterocycles. The molecule has 17 heteroatoms. The second-order valence-corrected chi connectivity index (χ2v) is 11.0. The monoisotopic (exact) mass is 691 g/mol. The highest BCUT2D eigenvalue weighted by Gasteiger charge is 2.33. The quantitative estimate of drug-likeness (QED) is 0.133. The molecule has 0 unspecified atom stereocenters. The van der Waals surface area contributed by atoms with Crippen molar-refractivity contribution in [2.45, 2.75) is 64.8 Å². The van der Waals surface area contributed by atoms with Crippen LogP contribution in [0.1, 0.15) is 79.5 Å². The molecule has 1 aliphatic rings. The van der Waals surface area contributed by atoms with E-state index in [4.69, 9.17) is 24.1 Å². The topological polar surface area (TPSA) is 235 Å². The molecule has 0 aliphatic carbocycles. The van der Waals surface area contributed by atoms with E-state index in [-0.39, 0.29) is 71.7 Å². The number of amides is 1. The number of nitrogens with zero attached hydrogens (tertiary/aromatic N) is 3. The van der Waals surface area contributed by atoms with Crippen molar-refractivity contribution in [3.05, 3.63) is 55.6 Å². The van der Waals surface area contributed by atoms with Crippen LogP contribution < -0.4 is 18.9 Å². The number of methoxy groups -OCH3 is 2. The Morgan fingerprint density at radius 1 is 0.796 bits per heavy atom. The van der Waals surface area contributed by atoms with Crippen LogP contribution in [-0.4, -0.2) is 95.0 Å². The van der Waals surface area contributed by atoms with E-state index >= 15 is 0 Å². The number of hydrogen-bond acceptors (Lipinski definition) is 13. The van der Waals surface area contributed by atoms with Gasteiger partial charge in [0.05, 0.1) is 62.1 Å². The SMILES string of the molecule is COc1cc(C(=O)N2CCCC[C@H]2CO)c([N+](=O)[O-])cc1OCCCC(C)=O.COc1cc(C(=O)O)c([N+](=O)[O-])cc1OCCCC(C)=O.